The molecular formula is C13H16FNO. The molecule has 2 nitrogen and oxygen atoms in total. The van der Waals surface area contributed by atoms with Gasteiger partial charge in [0.25, 0.3) is 0 Å². The Morgan fingerprint density at radius 2 is 2.12 bits per heavy atom. The Kier molecular flexibility index (Phi) is 2.36. The third-order valence-corrected chi connectivity index (χ3v) is 3.31. The Hall–Kier alpha value is -1.09. The number of hydrogen-bond donors (Lipinski definition) is 1. The van der Waals surface area contributed by atoms with Crippen molar-refractivity contribution in [2.75, 3.05) is 6.61 Å². The molecule has 0 saturated heterocycles. The third-order valence-electron chi connectivity index (χ3n) is 3.31. The van der Waals surface area contributed by atoms with Gasteiger partial charge in [-0.25, -0.2) is 4.39 Å². The lowest BCUT2D eigenvalue weighted by Crippen LogP contribution is -2.29. The predicted molar refractivity (Wildman–Crippen MR) is 60.1 cm³/mol. The molecule has 1 aliphatic carbocycles. The molecule has 3 heteroatoms. The molecule has 1 saturated carbocycles. The summed E-state index contributed by atoms with van der Waals surface area (Å²) in [6, 6.07) is 4.06. The molecule has 1 atom stereocenters. The molecule has 16 heavy (non-hydrogen) atoms. The molecule has 1 aromatic rings. The van der Waals surface area contributed by atoms with Gasteiger partial charge in [-0.1, -0.05) is 0 Å². The summed E-state index contributed by atoms with van der Waals surface area (Å²) in [7, 11) is 0. The maximum Gasteiger partial charge on any atom is 0.127 e. The minimum Gasteiger partial charge on any atom is -0.493 e. The molecular weight excluding hydrogens is 205 g/mol. The molecule has 0 aromatic heterocycles. The molecule has 3 rings (SSSR count). The molecule has 0 bridgehead atoms. The van der Waals surface area contributed by atoms with Gasteiger partial charge in [0.05, 0.1) is 6.61 Å². The van der Waals surface area contributed by atoms with Crippen molar-refractivity contribution in [3.8, 4) is 5.75 Å². The van der Waals surface area contributed by atoms with Crippen molar-refractivity contribution in [2.45, 2.75) is 38.3 Å². The van der Waals surface area contributed by atoms with Crippen molar-refractivity contribution in [2.24, 2.45) is 0 Å². The maximum absolute atomic E-state index is 13.4. The highest BCUT2D eigenvalue weighted by Gasteiger charge is 2.29. The van der Waals surface area contributed by atoms with E-state index in [2.05, 4.69) is 5.32 Å². The van der Waals surface area contributed by atoms with Gasteiger partial charge in [-0.15, -0.1) is 0 Å². The Morgan fingerprint density at radius 1 is 1.31 bits per heavy atom. The van der Waals surface area contributed by atoms with Gasteiger partial charge < -0.3 is 10.1 Å². The first-order valence-corrected chi connectivity index (χ1v) is 5.93. The zero-order valence-electron chi connectivity index (χ0n) is 9.42. The van der Waals surface area contributed by atoms with Crippen molar-refractivity contribution < 1.29 is 9.13 Å². The van der Waals surface area contributed by atoms with E-state index in [0.717, 1.165) is 29.9 Å². The van der Waals surface area contributed by atoms with Crippen LogP contribution < -0.4 is 10.1 Å². The SMILES string of the molecule is Cc1cc(F)cc2c1OCCC2NC1CC1. The smallest absolute Gasteiger partial charge is 0.127 e. The first-order chi connectivity index (χ1) is 7.74. The van der Waals surface area contributed by atoms with Crippen LogP contribution in [0.2, 0.25) is 0 Å². The van der Waals surface area contributed by atoms with Gasteiger partial charge in [0.15, 0.2) is 0 Å². The minimum absolute atomic E-state index is 0.163. The molecule has 0 spiro atoms. The van der Waals surface area contributed by atoms with Crippen molar-refractivity contribution in [1.29, 1.82) is 0 Å². The molecule has 1 heterocycles. The number of fused-ring (bicyclic) bond motifs is 1. The normalized spacial score (nSPS) is 23.8. The van der Waals surface area contributed by atoms with Crippen molar-refractivity contribution in [3.05, 3.63) is 29.1 Å². The van der Waals surface area contributed by atoms with E-state index in [1.807, 2.05) is 6.92 Å². The number of halogens is 1. The first-order valence-electron chi connectivity index (χ1n) is 5.93. The number of aryl methyl sites for hydroxylation is 1. The fraction of sp³-hybridized carbons (Fsp3) is 0.538. The standard InChI is InChI=1S/C13H16FNO/c1-8-6-9(14)7-11-12(15-10-2-3-10)4-5-16-13(8)11/h6-7,10,12,15H,2-5H2,1H3. The Balaban J connectivity index is 1.95. The van der Waals surface area contributed by atoms with Crippen LogP contribution in [-0.2, 0) is 0 Å². The molecule has 0 radical (unpaired) electrons. The first kappa shape index (κ1) is 10.1. The molecule has 1 unspecified atom stereocenters. The number of benzene rings is 1. The summed E-state index contributed by atoms with van der Waals surface area (Å²) in [6.07, 6.45) is 3.44. The summed E-state index contributed by atoms with van der Waals surface area (Å²) in [5.41, 5.74) is 1.90. The quantitative estimate of drug-likeness (QED) is 0.829. The van der Waals surface area contributed by atoms with E-state index in [0.29, 0.717) is 6.04 Å². The van der Waals surface area contributed by atoms with Gasteiger partial charge in [-0.2, -0.15) is 0 Å². The fourth-order valence-electron chi connectivity index (χ4n) is 2.35. The molecule has 1 aliphatic heterocycles. The summed E-state index contributed by atoms with van der Waals surface area (Å²) >= 11 is 0. The fourth-order valence-corrected chi connectivity index (χ4v) is 2.35. The molecule has 1 N–H and O–H groups in total. The summed E-state index contributed by atoms with van der Waals surface area (Å²) in [4.78, 5) is 0. The largest absolute Gasteiger partial charge is 0.493 e. The number of ether oxygens (including phenoxy) is 1. The minimum atomic E-state index is -0.163. The Morgan fingerprint density at radius 3 is 2.88 bits per heavy atom. The number of nitrogens with one attached hydrogen (secondary N) is 1. The van der Waals surface area contributed by atoms with Crippen LogP contribution in [0.3, 0.4) is 0 Å². The molecule has 2 aliphatic rings. The lowest BCUT2D eigenvalue weighted by molar-refractivity contribution is 0.249. The van der Waals surface area contributed by atoms with Gasteiger partial charge in [0, 0.05) is 24.1 Å². The lowest BCUT2D eigenvalue weighted by atomic mass is 9.97. The summed E-state index contributed by atoms with van der Waals surface area (Å²) in [5, 5.41) is 3.56. The van der Waals surface area contributed by atoms with Crippen LogP contribution in [-0.4, -0.2) is 12.6 Å². The lowest BCUT2D eigenvalue weighted by Gasteiger charge is -2.28. The summed E-state index contributed by atoms with van der Waals surface area (Å²) < 4.78 is 19.0. The average molecular weight is 221 g/mol. The maximum atomic E-state index is 13.4. The van der Waals surface area contributed by atoms with E-state index in [4.69, 9.17) is 4.74 Å². The van der Waals surface area contributed by atoms with Crippen molar-refractivity contribution >= 4 is 0 Å². The topological polar surface area (TPSA) is 21.3 Å². The summed E-state index contributed by atoms with van der Waals surface area (Å²) in [6.45, 7) is 2.63. The van der Waals surface area contributed by atoms with Gasteiger partial charge in [-0.3, -0.25) is 0 Å². The van der Waals surface area contributed by atoms with Crippen LogP contribution in [0.25, 0.3) is 0 Å². The van der Waals surface area contributed by atoms with Gasteiger partial charge in [0.1, 0.15) is 11.6 Å². The second-order valence-corrected chi connectivity index (χ2v) is 4.77. The molecule has 86 valence electrons. The van der Waals surface area contributed by atoms with E-state index in [1.165, 1.54) is 12.8 Å². The summed E-state index contributed by atoms with van der Waals surface area (Å²) in [5.74, 6) is 0.718. The molecule has 0 amide bonds. The predicted octanol–water partition coefficient (Wildman–Crippen LogP) is 2.71. The van der Waals surface area contributed by atoms with Crippen LogP contribution in [0.1, 0.15) is 36.4 Å². The van der Waals surface area contributed by atoms with Crippen molar-refractivity contribution in [3.63, 3.8) is 0 Å². The van der Waals surface area contributed by atoms with Crippen LogP contribution in [0.15, 0.2) is 12.1 Å². The van der Waals surface area contributed by atoms with E-state index in [9.17, 15) is 4.39 Å². The number of hydrogen-bond acceptors (Lipinski definition) is 2. The van der Waals surface area contributed by atoms with Crippen LogP contribution >= 0.6 is 0 Å². The number of rotatable bonds is 2. The van der Waals surface area contributed by atoms with Gasteiger partial charge in [0.2, 0.25) is 0 Å². The Bertz CT molecular complexity index is 415. The monoisotopic (exact) mass is 221 g/mol. The van der Waals surface area contributed by atoms with E-state index in [-0.39, 0.29) is 11.9 Å². The molecule has 1 fully saturated rings. The Labute approximate surface area is 94.8 Å². The van der Waals surface area contributed by atoms with Crippen LogP contribution in [0.5, 0.6) is 5.75 Å². The highest BCUT2D eigenvalue weighted by molar-refractivity contribution is 5.44. The van der Waals surface area contributed by atoms with E-state index >= 15 is 0 Å². The second kappa shape index (κ2) is 3.74. The molecule has 1 aromatic carbocycles. The van der Waals surface area contributed by atoms with Crippen molar-refractivity contribution in [1.82, 2.24) is 5.32 Å². The van der Waals surface area contributed by atoms with Gasteiger partial charge in [-0.05, 0) is 37.5 Å². The average Bonchev–Trinajstić information content (AvgIpc) is 3.03. The zero-order chi connectivity index (χ0) is 11.1. The highest BCUT2D eigenvalue weighted by Crippen LogP contribution is 2.37. The van der Waals surface area contributed by atoms with Crippen LogP contribution in [0.4, 0.5) is 4.39 Å². The highest BCUT2D eigenvalue weighted by atomic mass is 19.1. The second-order valence-electron chi connectivity index (χ2n) is 4.77. The van der Waals surface area contributed by atoms with Crippen LogP contribution in [0, 0.1) is 12.7 Å². The zero-order valence-corrected chi connectivity index (χ0v) is 9.42. The van der Waals surface area contributed by atoms with E-state index < -0.39 is 0 Å². The van der Waals surface area contributed by atoms with Gasteiger partial charge >= 0.3 is 0 Å². The van der Waals surface area contributed by atoms with E-state index in [1.54, 1.807) is 12.1 Å². The third kappa shape index (κ3) is 1.80.